The lowest BCUT2D eigenvalue weighted by atomic mass is 10.1. The standard InChI is InChI=1S/C13H19F3N2O/c1-3-18(9-13(14,15)16)8-12(17)10-5-4-6-11(7-10)19-2/h4-7,12H,3,8-9,17H2,1-2H3. The van der Waals surface area contributed by atoms with Crippen molar-refractivity contribution in [1.29, 1.82) is 0 Å². The Kier molecular flexibility index (Phi) is 5.62. The average Bonchev–Trinajstić information content (AvgIpc) is 2.36. The third-order valence-electron chi connectivity index (χ3n) is 2.83. The van der Waals surface area contributed by atoms with E-state index in [2.05, 4.69) is 0 Å². The summed E-state index contributed by atoms with van der Waals surface area (Å²) < 4.78 is 42.2. The molecule has 1 aromatic rings. The summed E-state index contributed by atoms with van der Waals surface area (Å²) in [4.78, 5) is 1.28. The molecule has 0 spiro atoms. The predicted molar refractivity (Wildman–Crippen MR) is 68.1 cm³/mol. The van der Waals surface area contributed by atoms with Gasteiger partial charge in [-0.25, -0.2) is 0 Å². The molecule has 0 aliphatic rings. The Bertz CT molecular complexity index is 396. The SMILES string of the molecule is CCN(CC(N)c1cccc(OC)c1)CC(F)(F)F. The largest absolute Gasteiger partial charge is 0.497 e. The molecule has 108 valence electrons. The highest BCUT2D eigenvalue weighted by molar-refractivity contribution is 5.30. The number of hydrogen-bond acceptors (Lipinski definition) is 3. The van der Waals surface area contributed by atoms with Crippen molar-refractivity contribution in [3.8, 4) is 5.75 Å². The zero-order chi connectivity index (χ0) is 14.5. The van der Waals surface area contributed by atoms with Gasteiger partial charge in [0, 0.05) is 12.6 Å². The van der Waals surface area contributed by atoms with Crippen molar-refractivity contribution in [1.82, 2.24) is 4.90 Å². The van der Waals surface area contributed by atoms with Crippen molar-refractivity contribution < 1.29 is 17.9 Å². The van der Waals surface area contributed by atoms with Crippen LogP contribution in [-0.2, 0) is 0 Å². The monoisotopic (exact) mass is 276 g/mol. The fourth-order valence-electron chi connectivity index (χ4n) is 1.81. The van der Waals surface area contributed by atoms with Gasteiger partial charge >= 0.3 is 6.18 Å². The summed E-state index contributed by atoms with van der Waals surface area (Å²) in [6.07, 6.45) is -4.20. The summed E-state index contributed by atoms with van der Waals surface area (Å²) in [6.45, 7) is 1.20. The molecule has 0 radical (unpaired) electrons. The summed E-state index contributed by atoms with van der Waals surface area (Å²) in [5.41, 5.74) is 6.71. The molecule has 1 unspecified atom stereocenters. The van der Waals surface area contributed by atoms with Gasteiger partial charge in [-0.2, -0.15) is 13.2 Å². The minimum atomic E-state index is -4.20. The quantitative estimate of drug-likeness (QED) is 0.868. The second kappa shape index (κ2) is 6.77. The van der Waals surface area contributed by atoms with Gasteiger partial charge in [-0.3, -0.25) is 4.90 Å². The third kappa shape index (κ3) is 5.48. The van der Waals surface area contributed by atoms with Crippen LogP contribution in [0.5, 0.6) is 5.75 Å². The van der Waals surface area contributed by atoms with Crippen molar-refractivity contribution >= 4 is 0 Å². The van der Waals surface area contributed by atoms with Crippen molar-refractivity contribution in [2.75, 3.05) is 26.7 Å². The lowest BCUT2D eigenvalue weighted by Gasteiger charge is -2.25. The van der Waals surface area contributed by atoms with Gasteiger partial charge in [0.25, 0.3) is 0 Å². The second-order valence-corrected chi connectivity index (χ2v) is 4.33. The molecule has 0 heterocycles. The van der Waals surface area contributed by atoms with Gasteiger partial charge in [0.1, 0.15) is 5.75 Å². The molecule has 0 saturated heterocycles. The van der Waals surface area contributed by atoms with E-state index in [4.69, 9.17) is 10.5 Å². The van der Waals surface area contributed by atoms with Crippen LogP contribution in [-0.4, -0.2) is 37.8 Å². The average molecular weight is 276 g/mol. The molecule has 1 atom stereocenters. The van der Waals surface area contributed by atoms with Crippen LogP contribution < -0.4 is 10.5 Å². The minimum absolute atomic E-state index is 0.156. The molecule has 3 nitrogen and oxygen atoms in total. The Hall–Kier alpha value is -1.27. The van der Waals surface area contributed by atoms with Gasteiger partial charge in [0.05, 0.1) is 13.7 Å². The molecule has 19 heavy (non-hydrogen) atoms. The first-order valence-electron chi connectivity index (χ1n) is 6.04. The number of rotatable bonds is 6. The van der Waals surface area contributed by atoms with Gasteiger partial charge in [0.2, 0.25) is 0 Å². The Labute approximate surface area is 111 Å². The van der Waals surface area contributed by atoms with Crippen LogP contribution >= 0.6 is 0 Å². The topological polar surface area (TPSA) is 38.5 Å². The summed E-state index contributed by atoms with van der Waals surface area (Å²) in [5.74, 6) is 0.645. The number of nitrogens with two attached hydrogens (primary N) is 1. The fraction of sp³-hybridized carbons (Fsp3) is 0.538. The first-order chi connectivity index (χ1) is 8.85. The van der Waals surface area contributed by atoms with Crippen molar-refractivity contribution in [3.63, 3.8) is 0 Å². The number of alkyl halides is 3. The third-order valence-corrected chi connectivity index (χ3v) is 2.83. The molecule has 0 saturated carbocycles. The molecule has 0 bridgehead atoms. The first kappa shape index (κ1) is 15.8. The lowest BCUT2D eigenvalue weighted by molar-refractivity contribution is -0.145. The molecule has 1 aromatic carbocycles. The van der Waals surface area contributed by atoms with Crippen LogP contribution in [0.1, 0.15) is 18.5 Å². The normalized spacial score (nSPS) is 13.6. The molecule has 0 fully saturated rings. The number of benzene rings is 1. The van der Waals surface area contributed by atoms with E-state index in [-0.39, 0.29) is 6.54 Å². The smallest absolute Gasteiger partial charge is 0.401 e. The van der Waals surface area contributed by atoms with Crippen LogP contribution in [0.15, 0.2) is 24.3 Å². The maximum Gasteiger partial charge on any atom is 0.401 e. The van der Waals surface area contributed by atoms with Crippen molar-refractivity contribution in [3.05, 3.63) is 29.8 Å². The highest BCUT2D eigenvalue weighted by Crippen LogP contribution is 2.21. The van der Waals surface area contributed by atoms with Crippen LogP contribution in [0.25, 0.3) is 0 Å². The number of hydrogen-bond donors (Lipinski definition) is 1. The van der Waals surface area contributed by atoms with Crippen molar-refractivity contribution in [2.24, 2.45) is 5.73 Å². The van der Waals surface area contributed by atoms with Gasteiger partial charge in [-0.05, 0) is 24.2 Å². The number of halogens is 3. The minimum Gasteiger partial charge on any atom is -0.497 e. The van der Waals surface area contributed by atoms with E-state index >= 15 is 0 Å². The molecule has 0 amide bonds. The van der Waals surface area contributed by atoms with Crippen LogP contribution in [0.2, 0.25) is 0 Å². The van der Waals surface area contributed by atoms with Crippen molar-refractivity contribution in [2.45, 2.75) is 19.1 Å². The Morgan fingerprint density at radius 1 is 1.37 bits per heavy atom. The highest BCUT2D eigenvalue weighted by Gasteiger charge is 2.30. The van der Waals surface area contributed by atoms with E-state index < -0.39 is 18.8 Å². The number of methoxy groups -OCH3 is 1. The van der Waals surface area contributed by atoms with Gasteiger partial charge < -0.3 is 10.5 Å². The van der Waals surface area contributed by atoms with Crippen LogP contribution in [0, 0.1) is 0 Å². The Balaban J connectivity index is 2.68. The lowest BCUT2D eigenvalue weighted by Crippen LogP contribution is -2.38. The van der Waals surface area contributed by atoms with E-state index in [0.717, 1.165) is 5.56 Å². The van der Waals surface area contributed by atoms with Crippen LogP contribution in [0.3, 0.4) is 0 Å². The molecule has 2 N–H and O–H groups in total. The maximum absolute atomic E-state index is 12.4. The van der Waals surface area contributed by atoms with Gasteiger partial charge in [-0.15, -0.1) is 0 Å². The van der Waals surface area contributed by atoms with E-state index in [1.807, 2.05) is 0 Å². The number of likely N-dealkylation sites (N-methyl/N-ethyl adjacent to an activating group) is 1. The van der Waals surface area contributed by atoms with Crippen LogP contribution in [0.4, 0.5) is 13.2 Å². The van der Waals surface area contributed by atoms with E-state index in [9.17, 15) is 13.2 Å². The molecular weight excluding hydrogens is 257 g/mol. The fourth-order valence-corrected chi connectivity index (χ4v) is 1.81. The molecule has 6 heteroatoms. The van der Waals surface area contributed by atoms with E-state index in [1.54, 1.807) is 31.2 Å². The summed E-state index contributed by atoms with van der Waals surface area (Å²) >= 11 is 0. The summed E-state index contributed by atoms with van der Waals surface area (Å²) in [6, 6.07) is 6.59. The Morgan fingerprint density at radius 2 is 2.05 bits per heavy atom. The predicted octanol–water partition coefficient (Wildman–Crippen LogP) is 2.58. The summed E-state index contributed by atoms with van der Waals surface area (Å²) in [5, 5.41) is 0. The maximum atomic E-state index is 12.4. The zero-order valence-corrected chi connectivity index (χ0v) is 11.1. The van der Waals surface area contributed by atoms with Gasteiger partial charge in [0.15, 0.2) is 0 Å². The second-order valence-electron chi connectivity index (χ2n) is 4.33. The molecule has 1 rings (SSSR count). The molecule has 0 aromatic heterocycles. The summed E-state index contributed by atoms with van der Waals surface area (Å²) in [7, 11) is 1.53. The molecule has 0 aliphatic carbocycles. The van der Waals surface area contributed by atoms with E-state index in [1.165, 1.54) is 12.0 Å². The number of ether oxygens (including phenoxy) is 1. The molecular formula is C13H19F3N2O. The highest BCUT2D eigenvalue weighted by atomic mass is 19.4. The molecule has 0 aliphatic heterocycles. The zero-order valence-electron chi connectivity index (χ0n) is 11.1. The Morgan fingerprint density at radius 3 is 2.58 bits per heavy atom. The number of nitrogens with zero attached hydrogens (tertiary/aromatic N) is 1. The van der Waals surface area contributed by atoms with Gasteiger partial charge in [-0.1, -0.05) is 19.1 Å². The first-order valence-corrected chi connectivity index (χ1v) is 6.04. The van der Waals surface area contributed by atoms with E-state index in [0.29, 0.717) is 12.3 Å².